The molecule has 1 saturated heterocycles. The Morgan fingerprint density at radius 1 is 1.15 bits per heavy atom. The van der Waals surface area contributed by atoms with Crippen LogP contribution in [0.15, 0.2) is 41.8 Å². The number of hydrogen-bond donors (Lipinski definition) is 4. The second kappa shape index (κ2) is 6.68. The summed E-state index contributed by atoms with van der Waals surface area (Å²) in [6.45, 7) is 4.93. The third kappa shape index (κ3) is 2.68. The maximum Gasteiger partial charge on any atom is 0.299 e. The number of fused-ring (bicyclic) bond motifs is 2. The molecule has 1 unspecified atom stereocenters. The van der Waals surface area contributed by atoms with Crippen molar-refractivity contribution in [1.82, 2.24) is 19.5 Å². The number of aliphatic hydroxyl groups is 3. The maximum absolute atomic E-state index is 12.7. The average molecular weight is 477 g/mol. The Labute approximate surface area is 188 Å². The van der Waals surface area contributed by atoms with Crippen LogP contribution >= 0.6 is 0 Å². The Kier molecular flexibility index (Phi) is 4.48. The Hall–Kier alpha value is -2.68. The third-order valence-corrected chi connectivity index (χ3v) is 8.20. The third-order valence-electron chi connectivity index (χ3n) is 6.90. The van der Waals surface area contributed by atoms with E-state index in [4.69, 9.17) is 14.7 Å². The lowest BCUT2D eigenvalue weighted by atomic mass is 10.0. The first-order chi connectivity index (χ1) is 15.4. The fraction of sp³-hybridized carbons (Fsp3) is 0.450. The lowest BCUT2D eigenvalue weighted by molar-refractivity contribution is -0.191. The van der Waals surface area contributed by atoms with E-state index in [1.54, 1.807) is 32.9 Å². The molecule has 0 amide bonds. The summed E-state index contributed by atoms with van der Waals surface area (Å²) >= 11 is 0. The maximum atomic E-state index is 12.7. The highest BCUT2D eigenvalue weighted by molar-refractivity contribution is 7.86. The average Bonchev–Trinajstić information content (AvgIpc) is 3.10. The second-order valence-corrected chi connectivity index (χ2v) is 10.5. The molecule has 5 atom stereocenters. The van der Waals surface area contributed by atoms with Crippen LogP contribution in [0.3, 0.4) is 0 Å². The van der Waals surface area contributed by atoms with Crippen molar-refractivity contribution in [2.75, 3.05) is 5.73 Å². The lowest BCUT2D eigenvalue weighted by Gasteiger charge is -2.29. The Morgan fingerprint density at radius 2 is 1.82 bits per heavy atom. The fourth-order valence-electron chi connectivity index (χ4n) is 4.82. The number of aromatic nitrogens is 4. The van der Waals surface area contributed by atoms with E-state index < -0.39 is 45.4 Å². The molecule has 2 aromatic heterocycles. The zero-order valence-electron chi connectivity index (χ0n) is 17.9. The van der Waals surface area contributed by atoms with Gasteiger partial charge in [-0.05, 0) is 19.1 Å². The number of nitrogens with two attached hydrogens (primary N) is 1. The molecule has 12 nitrogen and oxygen atoms in total. The van der Waals surface area contributed by atoms with Crippen LogP contribution < -0.4 is 5.73 Å². The Balaban J connectivity index is 1.50. The number of aryl methyl sites for hydroxylation is 1. The molecule has 2 fully saturated rings. The molecular formula is C20H23N5O7S. The molecule has 0 radical (unpaired) electrons. The number of nitrogen functional groups attached to an aromatic ring is 1. The fourth-order valence-corrected chi connectivity index (χ4v) is 5.77. The number of aliphatic hydroxyl groups excluding tert-OH is 1. The monoisotopic (exact) mass is 477 g/mol. The minimum atomic E-state index is -4.39. The van der Waals surface area contributed by atoms with Crippen LogP contribution in [0.25, 0.3) is 11.2 Å². The van der Waals surface area contributed by atoms with E-state index >= 15 is 0 Å². The molecule has 1 aromatic carbocycles. The highest BCUT2D eigenvalue weighted by Gasteiger charge is 2.93. The molecule has 5 N–H and O–H groups in total. The van der Waals surface area contributed by atoms with Crippen molar-refractivity contribution in [3.05, 3.63) is 42.5 Å². The second-order valence-electron chi connectivity index (χ2n) is 8.90. The van der Waals surface area contributed by atoms with Crippen molar-refractivity contribution in [1.29, 1.82) is 0 Å². The Morgan fingerprint density at radius 3 is 2.48 bits per heavy atom. The summed E-state index contributed by atoms with van der Waals surface area (Å²) in [6, 6.07) is 5.84. The van der Waals surface area contributed by atoms with Gasteiger partial charge in [0.25, 0.3) is 10.1 Å². The molecule has 0 bridgehead atoms. The molecule has 176 valence electrons. The summed E-state index contributed by atoms with van der Waals surface area (Å²) in [6.07, 6.45) is -2.48. The quantitative estimate of drug-likeness (QED) is 0.283. The van der Waals surface area contributed by atoms with Gasteiger partial charge < -0.3 is 25.8 Å². The first-order valence-electron chi connectivity index (χ1n) is 10.1. The normalized spacial score (nSPS) is 31.5. The highest BCUT2D eigenvalue weighted by Crippen LogP contribution is 2.76. The van der Waals surface area contributed by atoms with Crippen molar-refractivity contribution >= 4 is 27.1 Å². The summed E-state index contributed by atoms with van der Waals surface area (Å²) in [7, 11) is -4.39. The van der Waals surface area contributed by atoms with E-state index in [2.05, 4.69) is 15.0 Å². The molecule has 13 heteroatoms. The number of imidazole rings is 1. The SMILES string of the molecule is Cc1ccc(S(=O)(=O)OC(O)[C@H]2O[C@@H](n3cnc4c(N)ncnc43)[C@@]3(O)C(C)(C)[C@@]23O)cc1. The number of anilines is 1. The van der Waals surface area contributed by atoms with Crippen LogP contribution in [0.4, 0.5) is 5.82 Å². The number of benzene rings is 1. The van der Waals surface area contributed by atoms with Gasteiger partial charge >= 0.3 is 0 Å². The van der Waals surface area contributed by atoms with Gasteiger partial charge in [-0.15, -0.1) is 0 Å². The number of rotatable bonds is 5. The van der Waals surface area contributed by atoms with Crippen LogP contribution in [0.2, 0.25) is 0 Å². The zero-order chi connectivity index (χ0) is 24.0. The van der Waals surface area contributed by atoms with Gasteiger partial charge in [-0.3, -0.25) is 4.57 Å². The van der Waals surface area contributed by atoms with Gasteiger partial charge in [-0.1, -0.05) is 31.5 Å². The van der Waals surface area contributed by atoms with Crippen molar-refractivity contribution in [3.8, 4) is 0 Å². The lowest BCUT2D eigenvalue weighted by Crippen LogP contribution is -2.44. The van der Waals surface area contributed by atoms with E-state index in [9.17, 15) is 23.7 Å². The standard InChI is InChI=1S/C20H23N5O7S/c1-10-4-6-11(7-5-10)33(29,30)32-16(26)13-19(27)18(2,3)20(19,28)17(31-13)25-9-24-12-14(21)22-8-23-15(12)25/h4-9,13,16-17,26-28H,1-3H3,(H2,21,22,23)/t13-,16?,17-,19+,20-/m1/s1. The minimum absolute atomic E-state index is 0.109. The van der Waals surface area contributed by atoms with Gasteiger partial charge in [-0.2, -0.15) is 8.42 Å². The van der Waals surface area contributed by atoms with Crippen LogP contribution in [-0.2, 0) is 19.0 Å². The first kappa shape index (κ1) is 22.1. The predicted octanol–water partition coefficient (Wildman–Crippen LogP) is -0.160. The highest BCUT2D eigenvalue weighted by atomic mass is 32.2. The van der Waals surface area contributed by atoms with E-state index in [0.29, 0.717) is 0 Å². The van der Waals surface area contributed by atoms with Gasteiger partial charge in [0.1, 0.15) is 29.2 Å². The van der Waals surface area contributed by atoms with E-state index in [0.717, 1.165) is 5.56 Å². The van der Waals surface area contributed by atoms with Crippen LogP contribution in [0.1, 0.15) is 25.6 Å². The molecule has 33 heavy (non-hydrogen) atoms. The van der Waals surface area contributed by atoms with E-state index in [1.165, 1.54) is 29.4 Å². The summed E-state index contributed by atoms with van der Waals surface area (Å²) in [5.74, 6) is 0.109. The van der Waals surface area contributed by atoms with Gasteiger partial charge in [-0.25, -0.2) is 19.1 Å². The van der Waals surface area contributed by atoms with E-state index in [1.807, 2.05) is 0 Å². The molecule has 3 aromatic rings. The zero-order valence-corrected chi connectivity index (χ0v) is 18.8. The van der Waals surface area contributed by atoms with Crippen LogP contribution in [-0.4, -0.2) is 66.9 Å². The molecule has 3 heterocycles. The minimum Gasteiger partial charge on any atom is -0.383 e. The van der Waals surface area contributed by atoms with Crippen molar-refractivity contribution < 1.29 is 32.7 Å². The number of nitrogens with zero attached hydrogens (tertiary/aromatic N) is 4. The largest absolute Gasteiger partial charge is 0.383 e. The van der Waals surface area contributed by atoms with Gasteiger partial charge in [0, 0.05) is 5.41 Å². The molecule has 1 saturated carbocycles. The molecule has 1 aliphatic carbocycles. The number of ether oxygens (including phenoxy) is 1. The molecular weight excluding hydrogens is 454 g/mol. The molecule has 1 aliphatic heterocycles. The van der Waals surface area contributed by atoms with Gasteiger partial charge in [0.2, 0.25) is 6.29 Å². The first-order valence-corrected chi connectivity index (χ1v) is 11.5. The van der Waals surface area contributed by atoms with Gasteiger partial charge in [0.05, 0.1) is 11.2 Å². The smallest absolute Gasteiger partial charge is 0.299 e. The molecule has 0 spiro atoms. The van der Waals surface area contributed by atoms with Crippen LogP contribution in [0, 0.1) is 12.3 Å². The van der Waals surface area contributed by atoms with Gasteiger partial charge in [0.15, 0.2) is 17.7 Å². The summed E-state index contributed by atoms with van der Waals surface area (Å²) in [5.41, 5.74) is 1.99. The summed E-state index contributed by atoms with van der Waals surface area (Å²) in [4.78, 5) is 12.0. The van der Waals surface area contributed by atoms with Crippen LogP contribution in [0.5, 0.6) is 0 Å². The summed E-state index contributed by atoms with van der Waals surface area (Å²) < 4.78 is 37.5. The molecule has 5 rings (SSSR count). The molecule has 2 aliphatic rings. The van der Waals surface area contributed by atoms with Crippen molar-refractivity contribution in [2.24, 2.45) is 5.41 Å². The van der Waals surface area contributed by atoms with Crippen molar-refractivity contribution in [3.63, 3.8) is 0 Å². The number of hydrogen-bond acceptors (Lipinski definition) is 11. The topological polar surface area (TPSA) is 183 Å². The van der Waals surface area contributed by atoms with Crippen molar-refractivity contribution in [2.45, 2.75) is 55.5 Å². The van der Waals surface area contributed by atoms with E-state index in [-0.39, 0.29) is 21.9 Å². The predicted molar refractivity (Wildman–Crippen MR) is 113 cm³/mol. The Bertz CT molecular complexity index is 1360. The summed E-state index contributed by atoms with van der Waals surface area (Å²) in [5, 5.41) is 33.6.